The number of phenols is 2. The van der Waals surface area contributed by atoms with Crippen LogP contribution in [0, 0.1) is 0 Å². The molecule has 6 heteroatoms. The van der Waals surface area contributed by atoms with Crippen molar-refractivity contribution in [2.75, 3.05) is 27.2 Å². The molecule has 2 aliphatic rings. The number of aromatic hydroxyl groups is 2. The quantitative estimate of drug-likeness (QED) is 0.373. The molecular weight excluding hydrogens is 452 g/mol. The van der Waals surface area contributed by atoms with Crippen LogP contribution in [0.3, 0.4) is 0 Å². The van der Waals surface area contributed by atoms with Crippen molar-refractivity contribution >= 4 is 0 Å². The molecule has 36 heavy (non-hydrogen) atoms. The summed E-state index contributed by atoms with van der Waals surface area (Å²) < 4.78 is 0. The molecule has 0 radical (unpaired) electrons. The highest BCUT2D eigenvalue weighted by molar-refractivity contribution is 5.31. The molecule has 2 unspecified atom stereocenters. The van der Waals surface area contributed by atoms with Crippen molar-refractivity contribution in [3.05, 3.63) is 59.7 Å². The maximum absolute atomic E-state index is 11.0. The molecule has 0 aromatic heterocycles. The molecule has 200 valence electrons. The smallest absolute Gasteiger partial charge is 0.115 e. The molecule has 0 spiro atoms. The Kier molecular flexibility index (Phi) is 10.2. The van der Waals surface area contributed by atoms with E-state index in [-0.39, 0.29) is 23.3 Å². The monoisotopic (exact) mass is 498 g/mol. The molecule has 2 atom stereocenters. The fourth-order valence-corrected chi connectivity index (χ4v) is 6.05. The van der Waals surface area contributed by atoms with E-state index in [0.29, 0.717) is 6.54 Å². The van der Waals surface area contributed by atoms with Gasteiger partial charge in [-0.2, -0.15) is 0 Å². The van der Waals surface area contributed by atoms with E-state index in [1.165, 1.54) is 12.8 Å². The number of hydrogen-bond acceptors (Lipinski definition) is 6. The van der Waals surface area contributed by atoms with Crippen LogP contribution in [-0.2, 0) is 0 Å². The molecule has 0 aliphatic heterocycles. The minimum Gasteiger partial charge on any atom is -0.508 e. The van der Waals surface area contributed by atoms with Crippen molar-refractivity contribution in [2.45, 2.75) is 87.2 Å². The van der Waals surface area contributed by atoms with Gasteiger partial charge in [-0.25, -0.2) is 0 Å². The van der Waals surface area contributed by atoms with Gasteiger partial charge in [0.2, 0.25) is 0 Å². The van der Waals surface area contributed by atoms with Crippen LogP contribution in [0.25, 0.3) is 0 Å². The Morgan fingerprint density at radius 1 is 0.667 bits per heavy atom. The van der Waals surface area contributed by atoms with E-state index in [1.54, 1.807) is 24.3 Å². The number of likely N-dealkylation sites (N-methyl/N-ethyl adjacent to an activating group) is 1. The fraction of sp³-hybridized carbons (Fsp3) is 0.600. The minimum atomic E-state index is -0.663. The Balaban J connectivity index is 0.000000202. The highest BCUT2D eigenvalue weighted by atomic mass is 16.3. The first-order valence-corrected chi connectivity index (χ1v) is 13.5. The second-order valence-corrected chi connectivity index (χ2v) is 11.1. The Morgan fingerprint density at radius 3 is 1.39 bits per heavy atom. The molecule has 2 fully saturated rings. The number of hydrogen-bond donors (Lipinski definition) is 5. The Hall–Kier alpha value is -2.12. The van der Waals surface area contributed by atoms with Crippen molar-refractivity contribution in [1.82, 2.24) is 4.90 Å². The second kappa shape index (κ2) is 12.9. The molecular formula is C30H46N2O4. The number of nitrogens with zero attached hydrogens (tertiary/aromatic N) is 1. The normalized spacial score (nSPS) is 20.7. The summed E-state index contributed by atoms with van der Waals surface area (Å²) in [5, 5.41) is 40.4. The molecule has 6 N–H and O–H groups in total. The zero-order valence-electron chi connectivity index (χ0n) is 22.1. The Morgan fingerprint density at radius 2 is 1.03 bits per heavy atom. The first-order valence-electron chi connectivity index (χ1n) is 13.5. The largest absolute Gasteiger partial charge is 0.508 e. The summed E-state index contributed by atoms with van der Waals surface area (Å²) in [6.07, 6.45) is 10.2. The summed E-state index contributed by atoms with van der Waals surface area (Å²) in [6, 6.07) is 14.3. The standard InChI is InChI=1S/C16H25NO2.C14H21NO2/c1-17(2)12-15(13-6-8-14(18)9-7-13)16(19)10-4-3-5-11-16;15-10-13(11-4-6-12(16)7-5-11)14(17)8-2-1-3-9-14/h6-9,15,18-19H,3-5,10-12H2,1-2H3;4-7,13,16-17H,1-3,8-10,15H2. The van der Waals surface area contributed by atoms with E-state index in [9.17, 15) is 20.4 Å². The molecule has 0 amide bonds. The topological polar surface area (TPSA) is 110 Å². The van der Waals surface area contributed by atoms with Gasteiger partial charge in [0.25, 0.3) is 0 Å². The van der Waals surface area contributed by atoms with Gasteiger partial charge in [0.15, 0.2) is 0 Å². The van der Waals surface area contributed by atoms with E-state index in [4.69, 9.17) is 5.73 Å². The van der Waals surface area contributed by atoms with Gasteiger partial charge >= 0.3 is 0 Å². The van der Waals surface area contributed by atoms with E-state index < -0.39 is 11.2 Å². The van der Waals surface area contributed by atoms with E-state index in [2.05, 4.69) is 4.90 Å². The predicted molar refractivity (Wildman–Crippen MR) is 145 cm³/mol. The van der Waals surface area contributed by atoms with Crippen molar-refractivity contribution in [3.63, 3.8) is 0 Å². The summed E-state index contributed by atoms with van der Waals surface area (Å²) in [5.74, 6) is 0.620. The number of rotatable bonds is 7. The lowest BCUT2D eigenvalue weighted by molar-refractivity contribution is -0.0277. The summed E-state index contributed by atoms with van der Waals surface area (Å²) in [6.45, 7) is 1.28. The zero-order chi connectivity index (χ0) is 26.2. The van der Waals surface area contributed by atoms with Crippen LogP contribution in [-0.4, -0.2) is 63.7 Å². The van der Waals surface area contributed by atoms with Gasteiger partial charge in [0.05, 0.1) is 11.2 Å². The lowest BCUT2D eigenvalue weighted by Crippen LogP contribution is -2.42. The first-order chi connectivity index (χ1) is 17.2. The number of nitrogens with two attached hydrogens (primary N) is 1. The summed E-state index contributed by atoms with van der Waals surface area (Å²) in [7, 11) is 4.08. The average Bonchev–Trinajstić information content (AvgIpc) is 2.86. The lowest BCUT2D eigenvalue weighted by atomic mass is 9.72. The summed E-state index contributed by atoms with van der Waals surface area (Å²) in [5.41, 5.74) is 6.72. The third-order valence-electron chi connectivity index (χ3n) is 8.11. The Bertz CT molecular complexity index is 902. The van der Waals surface area contributed by atoms with E-state index >= 15 is 0 Å². The van der Waals surface area contributed by atoms with Crippen molar-refractivity contribution < 1.29 is 20.4 Å². The molecule has 2 saturated carbocycles. The third kappa shape index (κ3) is 7.45. The van der Waals surface area contributed by atoms with Gasteiger partial charge in [-0.1, -0.05) is 62.8 Å². The van der Waals surface area contributed by atoms with Gasteiger partial charge in [0, 0.05) is 24.9 Å². The van der Waals surface area contributed by atoms with Gasteiger partial charge in [-0.05, 0) is 75.2 Å². The van der Waals surface area contributed by atoms with Crippen LogP contribution in [0.1, 0.15) is 87.2 Å². The van der Waals surface area contributed by atoms with E-state index in [1.807, 2.05) is 38.4 Å². The van der Waals surface area contributed by atoms with Crippen LogP contribution in [0.5, 0.6) is 11.5 Å². The van der Waals surface area contributed by atoms with Crippen LogP contribution >= 0.6 is 0 Å². The van der Waals surface area contributed by atoms with Crippen LogP contribution in [0.2, 0.25) is 0 Å². The number of aliphatic hydroxyl groups is 2. The van der Waals surface area contributed by atoms with Crippen LogP contribution < -0.4 is 5.73 Å². The highest BCUT2D eigenvalue weighted by Gasteiger charge is 2.39. The van der Waals surface area contributed by atoms with Gasteiger partial charge in [-0.3, -0.25) is 0 Å². The van der Waals surface area contributed by atoms with Crippen LogP contribution in [0.15, 0.2) is 48.5 Å². The fourth-order valence-electron chi connectivity index (χ4n) is 6.05. The lowest BCUT2D eigenvalue weighted by Gasteiger charge is -2.40. The molecule has 0 saturated heterocycles. The van der Waals surface area contributed by atoms with Crippen molar-refractivity contribution in [1.29, 1.82) is 0 Å². The molecule has 0 bridgehead atoms. The van der Waals surface area contributed by atoms with E-state index in [0.717, 1.165) is 69.0 Å². The molecule has 4 rings (SSSR count). The zero-order valence-corrected chi connectivity index (χ0v) is 22.1. The molecule has 2 aliphatic carbocycles. The van der Waals surface area contributed by atoms with Crippen molar-refractivity contribution in [3.8, 4) is 11.5 Å². The molecule has 2 aromatic carbocycles. The molecule has 2 aromatic rings. The predicted octanol–water partition coefficient (Wildman–Crippen LogP) is 4.86. The Labute approximate surface area is 216 Å². The average molecular weight is 499 g/mol. The maximum atomic E-state index is 11.0. The maximum Gasteiger partial charge on any atom is 0.115 e. The minimum absolute atomic E-state index is 0.0246. The third-order valence-corrected chi connectivity index (χ3v) is 8.11. The van der Waals surface area contributed by atoms with Crippen molar-refractivity contribution in [2.24, 2.45) is 5.73 Å². The second-order valence-electron chi connectivity index (χ2n) is 11.1. The SMILES string of the molecule is CN(C)CC(c1ccc(O)cc1)C1(O)CCCCC1.NCC(c1ccc(O)cc1)C1(O)CCCCC1. The molecule has 0 heterocycles. The number of benzene rings is 2. The number of phenolic OH excluding ortho intramolecular Hbond substituents is 2. The summed E-state index contributed by atoms with van der Waals surface area (Å²) in [4.78, 5) is 2.13. The van der Waals surface area contributed by atoms with Crippen LogP contribution in [0.4, 0.5) is 0 Å². The van der Waals surface area contributed by atoms with Gasteiger partial charge in [-0.15, -0.1) is 0 Å². The summed E-state index contributed by atoms with van der Waals surface area (Å²) >= 11 is 0. The molecule has 6 nitrogen and oxygen atoms in total. The first kappa shape index (κ1) is 28.5. The van der Waals surface area contributed by atoms with Gasteiger partial charge in [0.1, 0.15) is 11.5 Å². The van der Waals surface area contributed by atoms with Gasteiger partial charge < -0.3 is 31.1 Å². The highest BCUT2D eigenvalue weighted by Crippen LogP contribution is 2.41.